The van der Waals surface area contributed by atoms with Crippen LogP contribution in [0.5, 0.6) is 0 Å². The number of β-amino-alcohol motifs (C(OH)–C–C–N with tert-alkyl or cyclic N) is 1. The number of furan rings is 1. The van der Waals surface area contributed by atoms with Gasteiger partial charge < -0.3 is 14.4 Å². The van der Waals surface area contributed by atoms with Gasteiger partial charge in [0.1, 0.15) is 5.58 Å². The van der Waals surface area contributed by atoms with E-state index in [9.17, 15) is 9.90 Å². The summed E-state index contributed by atoms with van der Waals surface area (Å²) >= 11 is 0. The van der Waals surface area contributed by atoms with E-state index in [0.717, 1.165) is 29.4 Å². The topological polar surface area (TPSA) is 53.7 Å². The highest BCUT2D eigenvalue weighted by atomic mass is 16.3. The van der Waals surface area contributed by atoms with Crippen LogP contribution < -0.4 is 0 Å². The fraction of sp³-hybridized carbons (Fsp3) is 0.438. The first-order valence-electron chi connectivity index (χ1n) is 7.04. The molecule has 1 aromatic carbocycles. The average molecular weight is 273 g/mol. The van der Waals surface area contributed by atoms with Crippen LogP contribution in [0, 0.1) is 6.92 Å². The number of aryl methyl sites for hydroxylation is 1. The Balaban J connectivity index is 1.82. The van der Waals surface area contributed by atoms with E-state index in [4.69, 9.17) is 4.42 Å². The largest absolute Gasteiger partial charge is 0.451 e. The third-order valence-electron chi connectivity index (χ3n) is 4.01. The number of para-hydroxylation sites is 1. The summed E-state index contributed by atoms with van der Waals surface area (Å²) in [5.74, 6) is 0.268. The van der Waals surface area contributed by atoms with Crippen molar-refractivity contribution in [2.24, 2.45) is 0 Å². The van der Waals surface area contributed by atoms with E-state index >= 15 is 0 Å². The number of aliphatic hydroxyl groups is 1. The molecule has 0 saturated carbocycles. The summed E-state index contributed by atoms with van der Waals surface area (Å²) < 4.78 is 5.67. The highest BCUT2D eigenvalue weighted by Gasteiger charge is 2.44. The van der Waals surface area contributed by atoms with Crippen LogP contribution in [0.4, 0.5) is 0 Å². The van der Waals surface area contributed by atoms with Gasteiger partial charge in [0.2, 0.25) is 0 Å². The molecule has 0 aliphatic carbocycles. The first-order valence-corrected chi connectivity index (χ1v) is 7.04. The summed E-state index contributed by atoms with van der Waals surface area (Å²) in [6.45, 7) is 4.73. The number of nitrogens with zero attached hydrogens (tertiary/aromatic N) is 1. The minimum absolute atomic E-state index is 0.125. The number of fused-ring (bicyclic) bond motifs is 1. The van der Waals surface area contributed by atoms with E-state index in [0.29, 0.717) is 18.8 Å². The number of amides is 1. The van der Waals surface area contributed by atoms with Crippen molar-refractivity contribution in [3.05, 3.63) is 35.6 Å². The minimum Gasteiger partial charge on any atom is -0.451 e. The Hall–Kier alpha value is -1.81. The summed E-state index contributed by atoms with van der Waals surface area (Å²) in [6.07, 6.45) is 1.65. The van der Waals surface area contributed by atoms with Crippen molar-refractivity contribution in [1.82, 2.24) is 4.90 Å². The first-order chi connectivity index (χ1) is 9.54. The van der Waals surface area contributed by atoms with E-state index in [2.05, 4.69) is 0 Å². The first kappa shape index (κ1) is 13.2. The predicted molar refractivity (Wildman–Crippen MR) is 76.7 cm³/mol. The second-order valence-corrected chi connectivity index (χ2v) is 5.69. The lowest BCUT2D eigenvalue weighted by Crippen LogP contribution is -2.63. The van der Waals surface area contributed by atoms with Crippen molar-refractivity contribution in [3.63, 3.8) is 0 Å². The van der Waals surface area contributed by atoms with Crippen LogP contribution in [-0.2, 0) is 0 Å². The lowest BCUT2D eigenvalue weighted by Gasteiger charge is -2.46. The van der Waals surface area contributed by atoms with Crippen LogP contribution in [0.15, 0.2) is 28.7 Å². The zero-order valence-corrected chi connectivity index (χ0v) is 11.8. The molecule has 4 heteroatoms. The molecule has 0 spiro atoms. The molecular weight excluding hydrogens is 254 g/mol. The normalized spacial score (nSPS) is 17.2. The Morgan fingerprint density at radius 3 is 2.75 bits per heavy atom. The molecule has 1 saturated heterocycles. The van der Waals surface area contributed by atoms with Gasteiger partial charge in [-0.05, 0) is 19.4 Å². The molecule has 1 fully saturated rings. The lowest BCUT2D eigenvalue weighted by atomic mass is 9.89. The smallest absolute Gasteiger partial charge is 0.290 e. The summed E-state index contributed by atoms with van der Waals surface area (Å²) in [6, 6.07) is 7.64. The van der Waals surface area contributed by atoms with Gasteiger partial charge in [0.25, 0.3) is 5.91 Å². The lowest BCUT2D eigenvalue weighted by molar-refractivity contribution is -0.0867. The van der Waals surface area contributed by atoms with Crippen molar-refractivity contribution in [2.75, 3.05) is 13.1 Å². The molecule has 1 amide bonds. The Bertz CT molecular complexity index is 653. The SMILES string of the molecule is CCCC1(O)CN(C(=O)c2oc3ccccc3c2C)C1. The fourth-order valence-electron chi connectivity index (χ4n) is 2.95. The van der Waals surface area contributed by atoms with Gasteiger partial charge in [0.05, 0.1) is 18.7 Å². The second-order valence-electron chi connectivity index (χ2n) is 5.69. The van der Waals surface area contributed by atoms with Crippen LogP contribution in [0.3, 0.4) is 0 Å². The molecule has 1 N–H and O–H groups in total. The number of hydrogen-bond acceptors (Lipinski definition) is 3. The van der Waals surface area contributed by atoms with Crippen molar-refractivity contribution in [1.29, 1.82) is 0 Å². The molecule has 2 heterocycles. The monoisotopic (exact) mass is 273 g/mol. The standard InChI is InChI=1S/C16H19NO3/c1-3-8-16(19)9-17(10-16)15(18)14-11(2)12-6-4-5-7-13(12)20-14/h4-7,19H,3,8-10H2,1-2H3. The van der Waals surface area contributed by atoms with Crippen LogP contribution in [0.25, 0.3) is 11.0 Å². The third kappa shape index (κ3) is 2.00. The van der Waals surface area contributed by atoms with E-state index in [1.165, 1.54) is 0 Å². The van der Waals surface area contributed by atoms with Gasteiger partial charge in [-0.15, -0.1) is 0 Å². The van der Waals surface area contributed by atoms with Crippen LogP contribution in [0.2, 0.25) is 0 Å². The van der Waals surface area contributed by atoms with E-state index < -0.39 is 5.60 Å². The Kier molecular flexibility index (Phi) is 3.05. The van der Waals surface area contributed by atoms with Crippen LogP contribution in [0.1, 0.15) is 35.9 Å². The third-order valence-corrected chi connectivity index (χ3v) is 4.01. The maximum absolute atomic E-state index is 12.4. The number of carbonyl (C=O) groups excluding carboxylic acids is 1. The van der Waals surface area contributed by atoms with E-state index in [1.807, 2.05) is 38.1 Å². The predicted octanol–water partition coefficient (Wildman–Crippen LogP) is 2.73. The number of likely N-dealkylation sites (tertiary alicyclic amines) is 1. The number of hydrogen-bond donors (Lipinski definition) is 1. The summed E-state index contributed by atoms with van der Waals surface area (Å²) in [7, 11) is 0. The molecule has 106 valence electrons. The van der Waals surface area contributed by atoms with Gasteiger partial charge >= 0.3 is 0 Å². The second kappa shape index (κ2) is 4.63. The number of benzene rings is 1. The maximum Gasteiger partial charge on any atom is 0.290 e. The molecule has 3 rings (SSSR count). The molecule has 2 aromatic rings. The zero-order valence-electron chi connectivity index (χ0n) is 11.8. The molecule has 4 nitrogen and oxygen atoms in total. The van der Waals surface area contributed by atoms with Gasteiger partial charge in [-0.1, -0.05) is 31.5 Å². The molecule has 1 aliphatic rings. The quantitative estimate of drug-likeness (QED) is 0.935. The van der Waals surface area contributed by atoms with Gasteiger partial charge in [-0.3, -0.25) is 4.79 Å². The van der Waals surface area contributed by atoms with Crippen molar-refractivity contribution in [3.8, 4) is 0 Å². The summed E-state index contributed by atoms with van der Waals surface area (Å²) in [5.41, 5.74) is 0.902. The van der Waals surface area contributed by atoms with Crippen LogP contribution >= 0.6 is 0 Å². The number of carbonyl (C=O) groups is 1. The van der Waals surface area contributed by atoms with Crippen molar-refractivity contribution in [2.45, 2.75) is 32.3 Å². The molecular formula is C16H19NO3. The molecule has 1 aliphatic heterocycles. The minimum atomic E-state index is -0.704. The zero-order chi connectivity index (χ0) is 14.3. The molecule has 1 aromatic heterocycles. The van der Waals surface area contributed by atoms with Crippen molar-refractivity contribution < 1.29 is 14.3 Å². The van der Waals surface area contributed by atoms with Gasteiger partial charge in [0.15, 0.2) is 5.76 Å². The maximum atomic E-state index is 12.4. The molecule has 0 unspecified atom stereocenters. The van der Waals surface area contributed by atoms with E-state index in [-0.39, 0.29) is 5.91 Å². The Labute approximate surface area is 118 Å². The van der Waals surface area contributed by atoms with Gasteiger partial charge in [-0.2, -0.15) is 0 Å². The Morgan fingerprint density at radius 2 is 2.10 bits per heavy atom. The van der Waals surface area contributed by atoms with Crippen LogP contribution in [-0.4, -0.2) is 34.6 Å². The molecule has 0 bridgehead atoms. The molecule has 0 atom stereocenters. The average Bonchev–Trinajstić information content (AvgIpc) is 2.73. The fourth-order valence-corrected chi connectivity index (χ4v) is 2.95. The highest BCUT2D eigenvalue weighted by molar-refractivity contribution is 5.99. The van der Waals surface area contributed by atoms with Gasteiger partial charge in [-0.25, -0.2) is 0 Å². The summed E-state index contributed by atoms with van der Waals surface area (Å²) in [5, 5.41) is 11.1. The molecule has 20 heavy (non-hydrogen) atoms. The van der Waals surface area contributed by atoms with E-state index in [1.54, 1.807) is 4.90 Å². The number of rotatable bonds is 3. The van der Waals surface area contributed by atoms with Crippen molar-refractivity contribution >= 4 is 16.9 Å². The van der Waals surface area contributed by atoms with Gasteiger partial charge in [0, 0.05) is 10.9 Å². The Morgan fingerprint density at radius 1 is 1.40 bits per heavy atom. The summed E-state index contributed by atoms with van der Waals surface area (Å²) in [4.78, 5) is 14.1. The molecule has 0 radical (unpaired) electrons. The highest BCUT2D eigenvalue weighted by Crippen LogP contribution is 2.31.